The molecule has 1 saturated heterocycles. The van der Waals surface area contributed by atoms with Gasteiger partial charge in [-0.3, -0.25) is 4.79 Å². The summed E-state index contributed by atoms with van der Waals surface area (Å²) in [6, 6.07) is -0.275. The molecule has 0 spiro atoms. The van der Waals surface area contributed by atoms with E-state index < -0.39 is 6.03 Å². The average Bonchev–Trinajstić information content (AvgIpc) is 2.82. The van der Waals surface area contributed by atoms with Gasteiger partial charge >= 0.3 is 6.03 Å². The third-order valence-electron chi connectivity index (χ3n) is 4.55. The molecule has 0 aromatic heterocycles. The number of nitrogens with zero attached hydrogens (tertiary/aromatic N) is 1. The third-order valence-corrected chi connectivity index (χ3v) is 4.55. The lowest BCUT2D eigenvalue weighted by Crippen LogP contribution is -2.49. The molecule has 3 amide bonds. The van der Waals surface area contributed by atoms with E-state index >= 15 is 0 Å². The van der Waals surface area contributed by atoms with E-state index in [4.69, 9.17) is 5.73 Å². The van der Waals surface area contributed by atoms with E-state index in [9.17, 15) is 9.59 Å². The van der Waals surface area contributed by atoms with Crippen molar-refractivity contribution in [2.45, 2.75) is 63.5 Å². The third kappa shape index (κ3) is 5.65. The highest BCUT2D eigenvalue weighted by molar-refractivity contribution is 5.87. The Morgan fingerprint density at radius 3 is 2.32 bits per heavy atom. The van der Waals surface area contributed by atoms with Crippen molar-refractivity contribution in [3.8, 4) is 0 Å². The smallest absolute Gasteiger partial charge is 0.315 e. The van der Waals surface area contributed by atoms with Crippen LogP contribution in [0.5, 0.6) is 0 Å². The van der Waals surface area contributed by atoms with Crippen molar-refractivity contribution in [1.29, 1.82) is 0 Å². The van der Waals surface area contributed by atoms with E-state index in [1.807, 2.05) is 0 Å². The first-order chi connectivity index (χ1) is 10.2. The second-order valence-electron chi connectivity index (χ2n) is 6.12. The molecule has 1 saturated carbocycles. The first-order valence-corrected chi connectivity index (χ1v) is 8.25. The molecule has 0 bridgehead atoms. The number of primary amides is 1. The van der Waals surface area contributed by atoms with Crippen LogP contribution in [-0.2, 0) is 4.79 Å². The van der Waals surface area contributed by atoms with Gasteiger partial charge in [-0.25, -0.2) is 4.79 Å². The number of nitrogens with two attached hydrogens (primary N) is 1. The largest absolute Gasteiger partial charge is 0.353 e. The minimum atomic E-state index is -0.496. The number of carbonyl (C=O) groups is 2. The fourth-order valence-corrected chi connectivity index (χ4v) is 3.37. The number of halogens is 1. The molecule has 1 heterocycles. The van der Waals surface area contributed by atoms with Gasteiger partial charge < -0.3 is 21.3 Å². The standard InChI is InChI=1S/C15H28N4O2.ClH/c16-15(21)19-11-5-8-13(19)14(20)18-10-9-17-12-6-3-1-2-4-7-12;/h12-13,17H,1-11H2,(H2,16,21)(H,18,20);1H/t13-;/m0./s1. The Balaban J connectivity index is 0.00000242. The molecule has 1 aliphatic carbocycles. The molecule has 2 rings (SSSR count). The number of amides is 3. The highest BCUT2D eigenvalue weighted by Crippen LogP contribution is 2.17. The van der Waals surface area contributed by atoms with Crippen LogP contribution in [0.15, 0.2) is 0 Å². The first kappa shape index (κ1) is 19.0. The second kappa shape index (κ2) is 9.90. The summed E-state index contributed by atoms with van der Waals surface area (Å²) in [5.74, 6) is -0.0750. The van der Waals surface area contributed by atoms with Crippen molar-refractivity contribution in [3.63, 3.8) is 0 Å². The molecule has 1 atom stereocenters. The topological polar surface area (TPSA) is 87.5 Å². The summed E-state index contributed by atoms with van der Waals surface area (Å²) < 4.78 is 0. The van der Waals surface area contributed by atoms with Gasteiger partial charge in [-0.2, -0.15) is 0 Å². The Morgan fingerprint density at radius 2 is 1.68 bits per heavy atom. The van der Waals surface area contributed by atoms with Crippen LogP contribution in [0.25, 0.3) is 0 Å². The lowest BCUT2D eigenvalue weighted by molar-refractivity contribution is -0.124. The van der Waals surface area contributed by atoms with Gasteiger partial charge in [-0.05, 0) is 25.7 Å². The molecule has 0 aromatic rings. The highest BCUT2D eigenvalue weighted by Gasteiger charge is 2.32. The van der Waals surface area contributed by atoms with E-state index in [1.165, 1.54) is 43.4 Å². The predicted octanol–water partition coefficient (Wildman–Crippen LogP) is 1.38. The molecule has 22 heavy (non-hydrogen) atoms. The van der Waals surface area contributed by atoms with Gasteiger partial charge in [0.15, 0.2) is 0 Å². The Bertz CT molecular complexity index is 359. The first-order valence-electron chi connectivity index (χ1n) is 8.25. The monoisotopic (exact) mass is 332 g/mol. The molecule has 4 N–H and O–H groups in total. The number of hydrogen-bond acceptors (Lipinski definition) is 3. The van der Waals surface area contributed by atoms with Crippen LogP contribution in [0.1, 0.15) is 51.4 Å². The van der Waals surface area contributed by atoms with E-state index in [0.29, 0.717) is 25.6 Å². The maximum absolute atomic E-state index is 12.1. The minimum Gasteiger partial charge on any atom is -0.353 e. The van der Waals surface area contributed by atoms with Crippen LogP contribution in [0.2, 0.25) is 0 Å². The van der Waals surface area contributed by atoms with Crippen LogP contribution in [0.4, 0.5) is 4.79 Å². The number of likely N-dealkylation sites (tertiary alicyclic amines) is 1. The molecule has 2 fully saturated rings. The van der Waals surface area contributed by atoms with Crippen LogP contribution in [0, 0.1) is 0 Å². The summed E-state index contributed by atoms with van der Waals surface area (Å²) >= 11 is 0. The van der Waals surface area contributed by atoms with Gasteiger partial charge in [0.25, 0.3) is 0 Å². The van der Waals surface area contributed by atoms with Crippen molar-refractivity contribution >= 4 is 24.3 Å². The molecule has 1 aliphatic heterocycles. The second-order valence-corrected chi connectivity index (χ2v) is 6.12. The molecule has 2 aliphatic rings. The average molecular weight is 333 g/mol. The van der Waals surface area contributed by atoms with Crippen LogP contribution in [0.3, 0.4) is 0 Å². The Labute approximate surface area is 139 Å². The molecule has 0 aromatic carbocycles. The fourth-order valence-electron chi connectivity index (χ4n) is 3.37. The SMILES string of the molecule is Cl.NC(=O)N1CCC[C@H]1C(=O)NCCNC1CCCCCC1. The van der Waals surface area contributed by atoms with Crippen molar-refractivity contribution in [3.05, 3.63) is 0 Å². The zero-order valence-corrected chi connectivity index (χ0v) is 14.0. The van der Waals surface area contributed by atoms with Crippen molar-refractivity contribution in [2.24, 2.45) is 5.73 Å². The quantitative estimate of drug-likeness (QED) is 0.525. The van der Waals surface area contributed by atoms with Gasteiger partial charge in [0.05, 0.1) is 0 Å². The molecule has 6 nitrogen and oxygen atoms in total. The van der Waals surface area contributed by atoms with Crippen molar-refractivity contribution in [1.82, 2.24) is 15.5 Å². The molecule has 0 radical (unpaired) electrons. The van der Waals surface area contributed by atoms with Crippen molar-refractivity contribution in [2.75, 3.05) is 19.6 Å². The molecule has 128 valence electrons. The molecular formula is C15H29ClN4O2. The van der Waals surface area contributed by atoms with Gasteiger partial charge in [0.2, 0.25) is 5.91 Å². The maximum atomic E-state index is 12.1. The Kier molecular flexibility index (Phi) is 8.56. The Hall–Kier alpha value is -1.01. The number of carbonyl (C=O) groups excluding carboxylic acids is 2. The summed E-state index contributed by atoms with van der Waals surface area (Å²) in [4.78, 5) is 24.8. The zero-order valence-electron chi connectivity index (χ0n) is 13.2. The van der Waals surface area contributed by atoms with E-state index in [1.54, 1.807) is 0 Å². The maximum Gasteiger partial charge on any atom is 0.315 e. The van der Waals surface area contributed by atoms with Crippen LogP contribution < -0.4 is 16.4 Å². The normalized spacial score (nSPS) is 22.7. The summed E-state index contributed by atoms with van der Waals surface area (Å²) in [5, 5.41) is 6.44. The minimum absolute atomic E-state index is 0. The Morgan fingerprint density at radius 1 is 1.00 bits per heavy atom. The summed E-state index contributed by atoms with van der Waals surface area (Å²) in [6.45, 7) is 1.99. The number of urea groups is 1. The van der Waals surface area contributed by atoms with Gasteiger partial charge in [0, 0.05) is 25.7 Å². The number of rotatable bonds is 5. The van der Waals surface area contributed by atoms with E-state index in [2.05, 4.69) is 10.6 Å². The van der Waals surface area contributed by atoms with E-state index in [0.717, 1.165) is 13.0 Å². The van der Waals surface area contributed by atoms with Gasteiger partial charge in [-0.15, -0.1) is 12.4 Å². The number of nitrogens with one attached hydrogen (secondary N) is 2. The zero-order chi connectivity index (χ0) is 15.1. The fraction of sp³-hybridized carbons (Fsp3) is 0.867. The lowest BCUT2D eigenvalue weighted by Gasteiger charge is -2.22. The molecular weight excluding hydrogens is 304 g/mol. The predicted molar refractivity (Wildman–Crippen MR) is 89.1 cm³/mol. The van der Waals surface area contributed by atoms with Crippen molar-refractivity contribution < 1.29 is 9.59 Å². The number of hydrogen-bond donors (Lipinski definition) is 3. The summed E-state index contributed by atoms with van der Waals surface area (Å²) in [5.41, 5.74) is 5.29. The van der Waals surface area contributed by atoms with E-state index in [-0.39, 0.29) is 24.4 Å². The lowest BCUT2D eigenvalue weighted by atomic mass is 10.1. The molecule has 0 unspecified atom stereocenters. The van der Waals surface area contributed by atoms with Gasteiger partial charge in [0.1, 0.15) is 6.04 Å². The highest BCUT2D eigenvalue weighted by atomic mass is 35.5. The molecule has 7 heteroatoms. The van der Waals surface area contributed by atoms with Crippen LogP contribution in [-0.4, -0.2) is 48.6 Å². The van der Waals surface area contributed by atoms with Gasteiger partial charge in [-0.1, -0.05) is 25.7 Å². The summed E-state index contributed by atoms with van der Waals surface area (Å²) in [7, 11) is 0. The van der Waals surface area contributed by atoms with Crippen LogP contribution >= 0.6 is 12.4 Å². The summed E-state index contributed by atoms with van der Waals surface area (Å²) in [6.07, 6.45) is 9.35.